The third kappa shape index (κ3) is 6.55. The number of halogens is 1. The van der Waals surface area contributed by atoms with E-state index in [1.54, 1.807) is 13.0 Å². The molecule has 0 saturated carbocycles. The van der Waals surface area contributed by atoms with Gasteiger partial charge < -0.3 is 16.4 Å². The summed E-state index contributed by atoms with van der Waals surface area (Å²) in [5.74, 6) is -0.278. The minimum Gasteiger partial charge on any atom is -0.385 e. The van der Waals surface area contributed by atoms with Gasteiger partial charge in [-0.3, -0.25) is 4.79 Å². The van der Waals surface area contributed by atoms with Crippen molar-refractivity contribution in [2.45, 2.75) is 38.8 Å². The van der Waals surface area contributed by atoms with E-state index in [-0.39, 0.29) is 11.7 Å². The first-order valence-electron chi connectivity index (χ1n) is 8.66. The SMILES string of the molecule is CC(N)C(=O)NCc1ccc(NCCCCc2ccccc2F)cc1. The maximum absolute atomic E-state index is 13.5. The van der Waals surface area contributed by atoms with Gasteiger partial charge in [-0.2, -0.15) is 0 Å². The van der Waals surface area contributed by atoms with Crippen LogP contribution in [0.5, 0.6) is 0 Å². The fourth-order valence-electron chi connectivity index (χ4n) is 2.46. The Morgan fingerprint density at radius 1 is 1.12 bits per heavy atom. The second kappa shape index (κ2) is 9.79. The Morgan fingerprint density at radius 3 is 2.52 bits per heavy atom. The summed E-state index contributed by atoms with van der Waals surface area (Å²) in [6.07, 6.45) is 2.67. The molecule has 0 spiro atoms. The summed E-state index contributed by atoms with van der Waals surface area (Å²) in [6.45, 7) is 2.98. The van der Waals surface area contributed by atoms with E-state index in [9.17, 15) is 9.18 Å². The van der Waals surface area contributed by atoms with Gasteiger partial charge >= 0.3 is 0 Å². The predicted molar refractivity (Wildman–Crippen MR) is 99.8 cm³/mol. The van der Waals surface area contributed by atoms with E-state index < -0.39 is 6.04 Å². The van der Waals surface area contributed by atoms with Gasteiger partial charge in [0.2, 0.25) is 5.91 Å². The quantitative estimate of drug-likeness (QED) is 0.613. The monoisotopic (exact) mass is 343 g/mol. The lowest BCUT2D eigenvalue weighted by Crippen LogP contribution is -2.37. The van der Waals surface area contributed by atoms with Gasteiger partial charge in [0, 0.05) is 18.8 Å². The number of benzene rings is 2. The highest BCUT2D eigenvalue weighted by molar-refractivity contribution is 5.80. The second-order valence-corrected chi connectivity index (χ2v) is 6.18. The maximum Gasteiger partial charge on any atom is 0.236 e. The van der Waals surface area contributed by atoms with Crippen LogP contribution < -0.4 is 16.4 Å². The van der Waals surface area contributed by atoms with Crippen molar-refractivity contribution in [3.8, 4) is 0 Å². The second-order valence-electron chi connectivity index (χ2n) is 6.18. The van der Waals surface area contributed by atoms with Gasteiger partial charge in [-0.05, 0) is 55.5 Å². The van der Waals surface area contributed by atoms with Crippen LogP contribution >= 0.6 is 0 Å². The minimum atomic E-state index is -0.495. The van der Waals surface area contributed by atoms with E-state index in [1.807, 2.05) is 36.4 Å². The molecule has 0 aliphatic heterocycles. The summed E-state index contributed by atoms with van der Waals surface area (Å²) in [4.78, 5) is 11.4. The molecule has 134 valence electrons. The Bertz CT molecular complexity index is 671. The predicted octanol–water partition coefficient (Wildman–Crippen LogP) is 3.22. The molecule has 4 nitrogen and oxygen atoms in total. The topological polar surface area (TPSA) is 67.2 Å². The molecule has 1 atom stereocenters. The van der Waals surface area contributed by atoms with Crippen LogP contribution in [-0.4, -0.2) is 18.5 Å². The van der Waals surface area contributed by atoms with E-state index in [0.29, 0.717) is 6.54 Å². The molecular formula is C20H26FN3O. The van der Waals surface area contributed by atoms with Crippen molar-refractivity contribution in [3.05, 3.63) is 65.5 Å². The normalized spacial score (nSPS) is 11.8. The number of rotatable bonds is 9. The van der Waals surface area contributed by atoms with Crippen molar-refractivity contribution < 1.29 is 9.18 Å². The number of hydrogen-bond donors (Lipinski definition) is 3. The van der Waals surface area contributed by atoms with Crippen molar-refractivity contribution in [3.63, 3.8) is 0 Å². The lowest BCUT2D eigenvalue weighted by atomic mass is 10.1. The molecule has 0 aliphatic rings. The van der Waals surface area contributed by atoms with Crippen LogP contribution in [0.2, 0.25) is 0 Å². The first-order valence-corrected chi connectivity index (χ1v) is 8.66. The van der Waals surface area contributed by atoms with Crippen LogP contribution in [0, 0.1) is 5.82 Å². The zero-order chi connectivity index (χ0) is 18.1. The van der Waals surface area contributed by atoms with Crippen LogP contribution in [0.25, 0.3) is 0 Å². The van der Waals surface area contributed by atoms with E-state index in [2.05, 4.69) is 10.6 Å². The molecule has 0 saturated heterocycles. The summed E-state index contributed by atoms with van der Waals surface area (Å²) in [5.41, 5.74) is 8.35. The van der Waals surface area contributed by atoms with Crippen molar-refractivity contribution >= 4 is 11.6 Å². The molecule has 4 N–H and O–H groups in total. The highest BCUT2D eigenvalue weighted by Gasteiger charge is 2.06. The Labute approximate surface area is 148 Å². The molecule has 0 heterocycles. The Kier molecular flexibility index (Phi) is 7.41. The number of amides is 1. The highest BCUT2D eigenvalue weighted by atomic mass is 19.1. The molecule has 0 aromatic heterocycles. The number of carbonyl (C=O) groups excluding carboxylic acids is 1. The van der Waals surface area contributed by atoms with Crippen LogP contribution in [0.4, 0.5) is 10.1 Å². The van der Waals surface area contributed by atoms with Crippen LogP contribution in [0.15, 0.2) is 48.5 Å². The third-order valence-corrected chi connectivity index (χ3v) is 3.99. The van der Waals surface area contributed by atoms with Gasteiger partial charge in [0.25, 0.3) is 0 Å². The summed E-state index contributed by atoms with van der Waals surface area (Å²) in [5, 5.41) is 6.14. The Balaban J connectivity index is 1.66. The molecule has 25 heavy (non-hydrogen) atoms. The van der Waals surface area contributed by atoms with Crippen LogP contribution in [0.3, 0.4) is 0 Å². The van der Waals surface area contributed by atoms with Gasteiger partial charge in [0.05, 0.1) is 6.04 Å². The van der Waals surface area contributed by atoms with Crippen LogP contribution in [-0.2, 0) is 17.8 Å². The number of carbonyl (C=O) groups is 1. The van der Waals surface area contributed by atoms with Gasteiger partial charge in [-0.15, -0.1) is 0 Å². The van der Waals surface area contributed by atoms with E-state index in [1.165, 1.54) is 6.07 Å². The third-order valence-electron chi connectivity index (χ3n) is 3.99. The largest absolute Gasteiger partial charge is 0.385 e. The van der Waals surface area contributed by atoms with E-state index in [4.69, 9.17) is 5.73 Å². The molecule has 0 aliphatic carbocycles. The molecule has 2 rings (SSSR count). The van der Waals surface area contributed by atoms with Gasteiger partial charge in [0.15, 0.2) is 0 Å². The van der Waals surface area contributed by atoms with Gasteiger partial charge in [-0.1, -0.05) is 30.3 Å². The van der Waals surface area contributed by atoms with Crippen molar-refractivity contribution in [2.24, 2.45) is 5.73 Å². The van der Waals surface area contributed by atoms with Gasteiger partial charge in [0.1, 0.15) is 5.82 Å². The fourth-order valence-corrected chi connectivity index (χ4v) is 2.46. The number of nitrogens with two attached hydrogens (primary N) is 1. The number of anilines is 1. The average Bonchev–Trinajstić information content (AvgIpc) is 2.61. The average molecular weight is 343 g/mol. The lowest BCUT2D eigenvalue weighted by Gasteiger charge is -2.10. The molecule has 0 fully saturated rings. The molecule has 2 aromatic carbocycles. The Hall–Kier alpha value is -2.40. The molecule has 2 aromatic rings. The summed E-state index contributed by atoms with van der Waals surface area (Å²) < 4.78 is 13.5. The molecule has 0 bridgehead atoms. The van der Waals surface area contributed by atoms with Crippen molar-refractivity contribution in [1.29, 1.82) is 0 Å². The maximum atomic E-state index is 13.5. The summed E-state index contributed by atoms with van der Waals surface area (Å²) in [7, 11) is 0. The smallest absolute Gasteiger partial charge is 0.236 e. The fraction of sp³-hybridized carbons (Fsp3) is 0.350. The first kappa shape index (κ1) is 18.9. The Morgan fingerprint density at radius 2 is 1.84 bits per heavy atom. The standard InChI is InChI=1S/C20H26FN3O/c1-15(22)20(25)24-14-16-9-11-18(12-10-16)23-13-5-4-7-17-6-2-3-8-19(17)21/h2-3,6,8-12,15,23H,4-5,7,13-14,22H2,1H3,(H,24,25). The number of aryl methyl sites for hydroxylation is 1. The highest BCUT2D eigenvalue weighted by Crippen LogP contribution is 2.12. The van der Waals surface area contributed by atoms with E-state index >= 15 is 0 Å². The number of unbranched alkanes of at least 4 members (excludes halogenated alkanes) is 1. The molecule has 1 unspecified atom stereocenters. The first-order chi connectivity index (χ1) is 12.1. The molecule has 5 heteroatoms. The van der Waals surface area contributed by atoms with Crippen molar-refractivity contribution in [1.82, 2.24) is 5.32 Å². The lowest BCUT2D eigenvalue weighted by molar-refractivity contribution is -0.122. The summed E-state index contributed by atoms with van der Waals surface area (Å²) >= 11 is 0. The molecule has 1 amide bonds. The van der Waals surface area contributed by atoms with Crippen LogP contribution in [0.1, 0.15) is 30.9 Å². The molecule has 0 radical (unpaired) electrons. The van der Waals surface area contributed by atoms with Crippen molar-refractivity contribution in [2.75, 3.05) is 11.9 Å². The number of nitrogens with one attached hydrogen (secondary N) is 2. The van der Waals surface area contributed by atoms with E-state index in [0.717, 1.165) is 42.6 Å². The minimum absolute atomic E-state index is 0.123. The zero-order valence-electron chi connectivity index (χ0n) is 14.6. The molecular weight excluding hydrogens is 317 g/mol. The zero-order valence-corrected chi connectivity index (χ0v) is 14.6. The van der Waals surface area contributed by atoms with Gasteiger partial charge in [-0.25, -0.2) is 4.39 Å². The summed E-state index contributed by atoms with van der Waals surface area (Å²) in [6, 6.07) is 14.4. The number of hydrogen-bond acceptors (Lipinski definition) is 3.